The maximum absolute atomic E-state index is 13.5. The van der Waals surface area contributed by atoms with Crippen LogP contribution in [0.5, 0.6) is 34.5 Å². The van der Waals surface area contributed by atoms with Gasteiger partial charge in [0.2, 0.25) is 16.9 Å². The highest BCUT2D eigenvalue weighted by molar-refractivity contribution is 5.93. The second-order valence-electron chi connectivity index (χ2n) is 8.16. The lowest BCUT2D eigenvalue weighted by atomic mass is 10.0. The average molecular weight is 491 g/mol. The molecule has 2 N–H and O–H groups in total. The van der Waals surface area contributed by atoms with Gasteiger partial charge in [0, 0.05) is 11.6 Å². The van der Waals surface area contributed by atoms with E-state index >= 15 is 0 Å². The molecule has 10 nitrogen and oxygen atoms in total. The van der Waals surface area contributed by atoms with Gasteiger partial charge in [0.1, 0.15) is 23.8 Å². The number of hydrogen-bond donors (Lipinski definition) is 2. The molecule has 3 aromatic rings. The number of fused-ring (bicyclic) bond motifs is 1. The Morgan fingerprint density at radius 3 is 2.03 bits per heavy atom. The highest BCUT2D eigenvalue weighted by Crippen LogP contribution is 2.44. The summed E-state index contributed by atoms with van der Waals surface area (Å²) in [6, 6.07) is 6.46. The fourth-order valence-electron chi connectivity index (χ4n) is 3.46. The first-order valence-corrected chi connectivity index (χ1v) is 10.7. The number of methoxy groups -OCH3 is 5. The zero-order valence-corrected chi connectivity index (χ0v) is 20.8. The van der Waals surface area contributed by atoms with Crippen LogP contribution in [0.1, 0.15) is 13.8 Å². The van der Waals surface area contributed by atoms with Crippen molar-refractivity contribution in [3.63, 3.8) is 0 Å². The van der Waals surface area contributed by atoms with Gasteiger partial charge >= 0.3 is 0 Å². The van der Waals surface area contributed by atoms with E-state index in [2.05, 4.69) is 0 Å². The smallest absolute Gasteiger partial charge is 0.239 e. The molecule has 35 heavy (non-hydrogen) atoms. The Hall–Kier alpha value is -3.63. The Labute approximate surface area is 202 Å². The van der Waals surface area contributed by atoms with Gasteiger partial charge in [-0.15, -0.1) is 0 Å². The first kappa shape index (κ1) is 26.0. The SMILES string of the molecule is COc1ccc(-c2oc3c(OC)c(OCC(O)C(C)(C)O)cc(OC)c3c(=O)c2OC)cc1OC. The van der Waals surface area contributed by atoms with Crippen molar-refractivity contribution in [2.45, 2.75) is 25.6 Å². The molecule has 0 radical (unpaired) electrons. The second kappa shape index (κ2) is 10.3. The molecule has 0 aliphatic rings. The van der Waals surface area contributed by atoms with Crippen molar-refractivity contribution in [1.29, 1.82) is 0 Å². The minimum atomic E-state index is -1.39. The van der Waals surface area contributed by atoms with E-state index in [1.807, 2.05) is 0 Å². The predicted molar refractivity (Wildman–Crippen MR) is 128 cm³/mol. The number of aliphatic hydroxyl groups excluding tert-OH is 1. The van der Waals surface area contributed by atoms with Gasteiger partial charge < -0.3 is 43.1 Å². The summed E-state index contributed by atoms with van der Waals surface area (Å²) in [6.45, 7) is 2.66. The number of benzene rings is 2. The third-order valence-corrected chi connectivity index (χ3v) is 5.50. The molecule has 0 amide bonds. The molecule has 0 saturated heterocycles. The molecule has 0 fully saturated rings. The van der Waals surface area contributed by atoms with Gasteiger partial charge in [-0.05, 0) is 32.0 Å². The van der Waals surface area contributed by atoms with Crippen LogP contribution in [0, 0.1) is 0 Å². The van der Waals surface area contributed by atoms with Crippen LogP contribution < -0.4 is 33.8 Å². The van der Waals surface area contributed by atoms with Crippen LogP contribution in [-0.2, 0) is 0 Å². The average Bonchev–Trinajstić information content (AvgIpc) is 2.85. The fourth-order valence-corrected chi connectivity index (χ4v) is 3.46. The molecule has 2 aromatic carbocycles. The van der Waals surface area contributed by atoms with Crippen molar-refractivity contribution in [2.24, 2.45) is 0 Å². The van der Waals surface area contributed by atoms with Gasteiger partial charge in [0.05, 0.1) is 41.2 Å². The van der Waals surface area contributed by atoms with E-state index in [0.717, 1.165) is 0 Å². The standard InChI is InChI=1S/C25H30O10/c1-25(2,28)18(26)12-34-17-11-16(31-5)19-20(27)24(33-7)21(35-23(19)22(17)32-6)13-8-9-14(29-3)15(10-13)30-4/h8-11,18,26,28H,12H2,1-7H3. The monoisotopic (exact) mass is 490 g/mol. The van der Waals surface area contributed by atoms with Gasteiger partial charge in [0.15, 0.2) is 28.6 Å². The van der Waals surface area contributed by atoms with Crippen LogP contribution in [-0.4, -0.2) is 64.1 Å². The van der Waals surface area contributed by atoms with Gasteiger partial charge in [-0.3, -0.25) is 4.79 Å². The van der Waals surface area contributed by atoms with Crippen molar-refractivity contribution in [3.8, 4) is 45.8 Å². The number of hydrogen-bond acceptors (Lipinski definition) is 10. The van der Waals surface area contributed by atoms with Gasteiger partial charge in [0.25, 0.3) is 0 Å². The Balaban J connectivity index is 2.29. The van der Waals surface area contributed by atoms with E-state index in [0.29, 0.717) is 17.1 Å². The largest absolute Gasteiger partial charge is 0.496 e. The van der Waals surface area contributed by atoms with Crippen molar-refractivity contribution in [2.75, 3.05) is 42.2 Å². The molecule has 10 heteroatoms. The van der Waals surface area contributed by atoms with Crippen molar-refractivity contribution < 1.29 is 43.1 Å². The molecule has 190 valence electrons. The molecule has 1 unspecified atom stereocenters. The summed E-state index contributed by atoms with van der Waals surface area (Å²) in [5.74, 6) is 1.41. The van der Waals surface area contributed by atoms with E-state index in [1.54, 1.807) is 18.2 Å². The lowest BCUT2D eigenvalue weighted by Gasteiger charge is -2.25. The number of aliphatic hydroxyl groups is 2. The normalized spacial score (nSPS) is 12.3. The Bertz CT molecular complexity index is 1260. The van der Waals surface area contributed by atoms with Gasteiger partial charge in [-0.2, -0.15) is 0 Å². The maximum Gasteiger partial charge on any atom is 0.239 e. The summed E-state index contributed by atoms with van der Waals surface area (Å²) >= 11 is 0. The van der Waals surface area contributed by atoms with E-state index in [9.17, 15) is 15.0 Å². The Morgan fingerprint density at radius 1 is 0.857 bits per heavy atom. The van der Waals surface area contributed by atoms with Crippen LogP contribution in [0.15, 0.2) is 33.5 Å². The first-order valence-electron chi connectivity index (χ1n) is 10.7. The summed E-state index contributed by atoms with van der Waals surface area (Å²) in [4.78, 5) is 13.5. The van der Waals surface area contributed by atoms with E-state index in [-0.39, 0.29) is 46.3 Å². The summed E-state index contributed by atoms with van der Waals surface area (Å²) in [6.07, 6.45) is -1.20. The maximum atomic E-state index is 13.5. The first-order chi connectivity index (χ1) is 16.6. The lowest BCUT2D eigenvalue weighted by Crippen LogP contribution is -2.40. The highest BCUT2D eigenvalue weighted by Gasteiger charge is 2.28. The van der Waals surface area contributed by atoms with E-state index in [1.165, 1.54) is 55.5 Å². The molecule has 3 rings (SSSR count). The molecular formula is C25H30O10. The van der Waals surface area contributed by atoms with Crippen LogP contribution >= 0.6 is 0 Å². The van der Waals surface area contributed by atoms with Crippen molar-refractivity contribution >= 4 is 11.0 Å². The molecule has 0 spiro atoms. The predicted octanol–water partition coefficient (Wildman–Crippen LogP) is 3.01. The second-order valence-corrected chi connectivity index (χ2v) is 8.16. The Kier molecular flexibility index (Phi) is 7.67. The number of rotatable bonds is 10. The summed E-state index contributed by atoms with van der Waals surface area (Å²) in [5.41, 5.74) is -1.34. The van der Waals surface area contributed by atoms with Crippen molar-refractivity contribution in [3.05, 3.63) is 34.5 Å². The van der Waals surface area contributed by atoms with Crippen LogP contribution in [0.25, 0.3) is 22.3 Å². The quantitative estimate of drug-likeness (QED) is 0.438. The molecule has 0 aliphatic carbocycles. The molecule has 0 bridgehead atoms. The topological polar surface area (TPSA) is 126 Å². The van der Waals surface area contributed by atoms with E-state index < -0.39 is 17.1 Å². The third kappa shape index (κ3) is 4.94. The van der Waals surface area contributed by atoms with Gasteiger partial charge in [-0.1, -0.05) is 0 Å². The van der Waals surface area contributed by atoms with Crippen LogP contribution in [0.4, 0.5) is 0 Å². The summed E-state index contributed by atoms with van der Waals surface area (Å²) in [5, 5.41) is 20.3. The molecule has 0 saturated carbocycles. The summed E-state index contributed by atoms with van der Waals surface area (Å²) < 4.78 is 39.0. The molecule has 0 aliphatic heterocycles. The molecule has 1 atom stereocenters. The summed E-state index contributed by atoms with van der Waals surface area (Å²) in [7, 11) is 7.16. The fraction of sp³-hybridized carbons (Fsp3) is 0.400. The zero-order chi connectivity index (χ0) is 25.9. The minimum absolute atomic E-state index is 0.0452. The minimum Gasteiger partial charge on any atom is -0.496 e. The van der Waals surface area contributed by atoms with Crippen LogP contribution in [0.3, 0.4) is 0 Å². The zero-order valence-electron chi connectivity index (χ0n) is 20.8. The molecular weight excluding hydrogens is 460 g/mol. The number of ether oxygens (including phenoxy) is 6. The lowest BCUT2D eigenvalue weighted by molar-refractivity contribution is -0.0664. The highest BCUT2D eigenvalue weighted by atomic mass is 16.5. The van der Waals surface area contributed by atoms with E-state index in [4.69, 9.17) is 32.8 Å². The molecule has 1 heterocycles. The van der Waals surface area contributed by atoms with Gasteiger partial charge in [-0.25, -0.2) is 0 Å². The molecule has 1 aromatic heterocycles. The van der Waals surface area contributed by atoms with Crippen molar-refractivity contribution in [1.82, 2.24) is 0 Å². The Morgan fingerprint density at radius 2 is 1.49 bits per heavy atom. The third-order valence-electron chi connectivity index (χ3n) is 5.50. The van der Waals surface area contributed by atoms with Crippen LogP contribution in [0.2, 0.25) is 0 Å².